The highest BCUT2D eigenvalue weighted by Crippen LogP contribution is 2.21. The van der Waals surface area contributed by atoms with Crippen molar-refractivity contribution in [3.8, 4) is 0 Å². The first-order valence-electron chi connectivity index (χ1n) is 6.67. The van der Waals surface area contributed by atoms with Crippen molar-refractivity contribution in [3.05, 3.63) is 16.3 Å². The van der Waals surface area contributed by atoms with E-state index in [-0.39, 0.29) is 18.7 Å². The second-order valence-corrected chi connectivity index (χ2v) is 5.52. The van der Waals surface area contributed by atoms with Gasteiger partial charge in [0.1, 0.15) is 0 Å². The highest BCUT2D eigenvalue weighted by Gasteiger charge is 2.28. The van der Waals surface area contributed by atoms with Crippen molar-refractivity contribution in [2.24, 2.45) is 0 Å². The van der Waals surface area contributed by atoms with Crippen LogP contribution in [0.3, 0.4) is 0 Å². The number of amides is 2. The first kappa shape index (κ1) is 19.2. The van der Waals surface area contributed by atoms with Crippen LogP contribution in [0, 0.1) is 0 Å². The molecule has 0 fully saturated rings. The minimum atomic E-state index is -4.23. The zero-order valence-electron chi connectivity index (χ0n) is 12.7. The standard InChI is InChI=1S/C13H18F3N3O3S/c1-19(8-13(14,15)16)5-3-4-17-12(21)18-10-7-23-6-9(10)11(20)22-2/h6-7H,3-5,8H2,1-2H3,(H2,17,18,21). The molecule has 2 amide bonds. The summed E-state index contributed by atoms with van der Waals surface area (Å²) in [6.07, 6.45) is -3.86. The van der Waals surface area contributed by atoms with E-state index < -0.39 is 24.7 Å². The van der Waals surface area contributed by atoms with E-state index in [0.717, 1.165) is 4.90 Å². The fourth-order valence-electron chi connectivity index (χ4n) is 1.76. The molecule has 1 rings (SSSR count). The van der Waals surface area contributed by atoms with Crippen LogP contribution >= 0.6 is 11.3 Å². The van der Waals surface area contributed by atoms with Crippen LogP contribution < -0.4 is 10.6 Å². The summed E-state index contributed by atoms with van der Waals surface area (Å²) in [5.41, 5.74) is 0.575. The van der Waals surface area contributed by atoms with Crippen molar-refractivity contribution in [1.82, 2.24) is 10.2 Å². The molecule has 2 N–H and O–H groups in total. The van der Waals surface area contributed by atoms with Crippen LogP contribution in [-0.4, -0.2) is 56.9 Å². The number of urea groups is 1. The number of esters is 1. The molecule has 0 unspecified atom stereocenters. The van der Waals surface area contributed by atoms with E-state index in [0.29, 0.717) is 12.1 Å². The summed E-state index contributed by atoms with van der Waals surface area (Å²) >= 11 is 1.23. The molecule has 0 aliphatic carbocycles. The lowest BCUT2D eigenvalue weighted by Crippen LogP contribution is -2.35. The molecule has 0 saturated heterocycles. The van der Waals surface area contributed by atoms with Crippen LogP contribution in [0.15, 0.2) is 10.8 Å². The topological polar surface area (TPSA) is 70.7 Å². The monoisotopic (exact) mass is 353 g/mol. The highest BCUT2D eigenvalue weighted by atomic mass is 32.1. The van der Waals surface area contributed by atoms with Gasteiger partial charge < -0.3 is 15.4 Å². The Balaban J connectivity index is 2.30. The molecule has 0 saturated carbocycles. The van der Waals surface area contributed by atoms with E-state index in [1.807, 2.05) is 0 Å². The second-order valence-electron chi connectivity index (χ2n) is 4.78. The molecule has 0 aliphatic heterocycles. The number of anilines is 1. The van der Waals surface area contributed by atoms with Crippen LogP contribution in [0.1, 0.15) is 16.8 Å². The maximum Gasteiger partial charge on any atom is 0.401 e. The number of carbonyl (C=O) groups excluding carboxylic acids is 2. The van der Waals surface area contributed by atoms with E-state index >= 15 is 0 Å². The quantitative estimate of drug-likeness (QED) is 0.584. The third-order valence-electron chi connectivity index (χ3n) is 2.77. The zero-order valence-corrected chi connectivity index (χ0v) is 13.5. The van der Waals surface area contributed by atoms with Crippen molar-refractivity contribution in [3.63, 3.8) is 0 Å². The van der Waals surface area contributed by atoms with Crippen molar-refractivity contribution in [1.29, 1.82) is 0 Å². The number of ether oxygens (including phenoxy) is 1. The largest absolute Gasteiger partial charge is 0.465 e. The summed E-state index contributed by atoms with van der Waals surface area (Å²) in [5.74, 6) is -0.560. The Morgan fingerprint density at radius 3 is 2.65 bits per heavy atom. The average molecular weight is 353 g/mol. The first-order valence-corrected chi connectivity index (χ1v) is 7.62. The normalized spacial score (nSPS) is 11.4. The summed E-state index contributed by atoms with van der Waals surface area (Å²) in [6, 6.07) is -0.535. The molecule has 0 radical (unpaired) electrons. The summed E-state index contributed by atoms with van der Waals surface area (Å²) in [7, 11) is 2.60. The van der Waals surface area contributed by atoms with Gasteiger partial charge in [-0.05, 0) is 20.0 Å². The van der Waals surface area contributed by atoms with Crippen LogP contribution in [-0.2, 0) is 4.74 Å². The van der Waals surface area contributed by atoms with E-state index in [1.165, 1.54) is 25.5 Å². The number of nitrogens with zero attached hydrogens (tertiary/aromatic N) is 1. The number of thiophene rings is 1. The SMILES string of the molecule is COC(=O)c1cscc1NC(=O)NCCCN(C)CC(F)(F)F. The van der Waals surface area contributed by atoms with Gasteiger partial charge in [0, 0.05) is 17.3 Å². The molecular formula is C13H18F3N3O3S. The second kappa shape index (κ2) is 8.73. The Morgan fingerprint density at radius 2 is 2.04 bits per heavy atom. The van der Waals surface area contributed by atoms with Crippen LogP contribution in [0.5, 0.6) is 0 Å². The number of alkyl halides is 3. The molecule has 1 heterocycles. The summed E-state index contributed by atoms with van der Waals surface area (Å²) in [5, 5.41) is 8.15. The fourth-order valence-corrected chi connectivity index (χ4v) is 2.51. The minimum Gasteiger partial charge on any atom is -0.465 e. The Morgan fingerprint density at radius 1 is 1.35 bits per heavy atom. The van der Waals surface area contributed by atoms with E-state index in [2.05, 4.69) is 15.4 Å². The van der Waals surface area contributed by atoms with Gasteiger partial charge in [-0.15, -0.1) is 11.3 Å². The molecule has 0 aromatic carbocycles. The van der Waals surface area contributed by atoms with Crippen molar-refractivity contribution in [2.75, 3.05) is 39.1 Å². The van der Waals surface area contributed by atoms with Crippen molar-refractivity contribution < 1.29 is 27.5 Å². The number of hydrogen-bond donors (Lipinski definition) is 2. The van der Waals surface area contributed by atoms with Crippen LogP contribution in [0.25, 0.3) is 0 Å². The summed E-state index contributed by atoms with van der Waals surface area (Å²) in [6.45, 7) is -0.575. The van der Waals surface area contributed by atoms with Gasteiger partial charge in [0.2, 0.25) is 0 Å². The average Bonchev–Trinajstić information content (AvgIpc) is 2.89. The maximum absolute atomic E-state index is 12.1. The van der Waals surface area contributed by atoms with Gasteiger partial charge in [0.15, 0.2) is 0 Å². The zero-order chi connectivity index (χ0) is 17.5. The van der Waals surface area contributed by atoms with Gasteiger partial charge in [0.05, 0.1) is 24.9 Å². The number of hydrogen-bond acceptors (Lipinski definition) is 5. The Labute approximate surface area is 135 Å². The van der Waals surface area contributed by atoms with E-state index in [9.17, 15) is 22.8 Å². The molecule has 0 aliphatic rings. The highest BCUT2D eigenvalue weighted by molar-refractivity contribution is 7.08. The predicted molar refractivity (Wildman–Crippen MR) is 80.8 cm³/mol. The molecule has 0 spiro atoms. The smallest absolute Gasteiger partial charge is 0.401 e. The third kappa shape index (κ3) is 7.33. The Kier molecular flexibility index (Phi) is 7.30. The molecule has 0 bridgehead atoms. The number of carbonyl (C=O) groups is 2. The van der Waals surface area contributed by atoms with Gasteiger partial charge in [-0.2, -0.15) is 13.2 Å². The van der Waals surface area contributed by atoms with E-state index in [1.54, 1.807) is 10.8 Å². The van der Waals surface area contributed by atoms with Crippen molar-refractivity contribution >= 4 is 29.0 Å². The van der Waals surface area contributed by atoms with Gasteiger partial charge in [-0.3, -0.25) is 4.90 Å². The minimum absolute atomic E-state index is 0.200. The first-order chi connectivity index (χ1) is 10.7. The van der Waals surface area contributed by atoms with Crippen LogP contribution in [0.4, 0.5) is 23.7 Å². The summed E-state index contributed by atoms with van der Waals surface area (Å²) in [4.78, 5) is 24.3. The number of nitrogens with one attached hydrogen (secondary N) is 2. The fraction of sp³-hybridized carbons (Fsp3) is 0.538. The number of rotatable bonds is 7. The number of halogens is 3. The molecule has 23 heavy (non-hydrogen) atoms. The number of methoxy groups -OCH3 is 1. The Hall–Kier alpha value is -1.81. The molecule has 0 atom stereocenters. The van der Waals surface area contributed by atoms with Gasteiger partial charge >= 0.3 is 18.2 Å². The molecule has 6 nitrogen and oxygen atoms in total. The maximum atomic E-state index is 12.1. The van der Waals surface area contributed by atoms with Crippen LogP contribution in [0.2, 0.25) is 0 Å². The molecule has 1 aromatic heterocycles. The van der Waals surface area contributed by atoms with Gasteiger partial charge in [-0.25, -0.2) is 9.59 Å². The molecule has 130 valence electrons. The van der Waals surface area contributed by atoms with Gasteiger partial charge in [-0.1, -0.05) is 0 Å². The lowest BCUT2D eigenvalue weighted by molar-refractivity contribution is -0.143. The van der Waals surface area contributed by atoms with E-state index in [4.69, 9.17) is 0 Å². The molecule has 1 aromatic rings. The molecular weight excluding hydrogens is 335 g/mol. The summed E-state index contributed by atoms with van der Waals surface area (Å²) < 4.78 is 41.0. The van der Waals surface area contributed by atoms with Gasteiger partial charge in [0.25, 0.3) is 0 Å². The predicted octanol–water partition coefficient (Wildman–Crippen LogP) is 2.54. The third-order valence-corrected chi connectivity index (χ3v) is 3.51. The molecule has 10 heteroatoms. The lowest BCUT2D eigenvalue weighted by atomic mass is 10.3. The lowest BCUT2D eigenvalue weighted by Gasteiger charge is -2.18. The Bertz CT molecular complexity index is 534. The van der Waals surface area contributed by atoms with Crippen molar-refractivity contribution in [2.45, 2.75) is 12.6 Å².